The van der Waals surface area contributed by atoms with Crippen molar-refractivity contribution >= 4 is 12.4 Å². The first kappa shape index (κ1) is 18.1. The number of halogens is 1. The SMILES string of the molecule is CCOc1cc(CN2CCCC(NC)C2)ccc1OC.Cl. The van der Waals surface area contributed by atoms with Crippen molar-refractivity contribution in [3.8, 4) is 11.5 Å². The summed E-state index contributed by atoms with van der Waals surface area (Å²) in [7, 11) is 3.73. The van der Waals surface area contributed by atoms with Gasteiger partial charge < -0.3 is 14.8 Å². The predicted octanol–water partition coefficient (Wildman–Crippen LogP) is 2.70. The molecule has 21 heavy (non-hydrogen) atoms. The molecule has 1 aliphatic rings. The van der Waals surface area contributed by atoms with E-state index >= 15 is 0 Å². The average Bonchev–Trinajstić information content (AvgIpc) is 2.48. The standard InChI is InChI=1S/C16H26N2O2.ClH/c1-4-20-16-10-13(7-8-15(16)19-3)11-18-9-5-6-14(12-18)17-2;/h7-8,10,14,17H,4-6,9,11-12H2,1-3H3;1H. The average molecular weight is 315 g/mol. The van der Waals surface area contributed by atoms with Crippen molar-refractivity contribution in [3.05, 3.63) is 23.8 Å². The minimum absolute atomic E-state index is 0. The number of hydrogen-bond donors (Lipinski definition) is 1. The second-order valence-electron chi connectivity index (χ2n) is 5.28. The summed E-state index contributed by atoms with van der Waals surface area (Å²) >= 11 is 0. The topological polar surface area (TPSA) is 33.7 Å². The number of benzene rings is 1. The van der Waals surface area contributed by atoms with Crippen LogP contribution in [0.1, 0.15) is 25.3 Å². The molecule has 0 spiro atoms. The maximum atomic E-state index is 5.64. The summed E-state index contributed by atoms with van der Waals surface area (Å²) in [6, 6.07) is 6.85. The van der Waals surface area contributed by atoms with Crippen LogP contribution in [0.4, 0.5) is 0 Å². The lowest BCUT2D eigenvalue weighted by Gasteiger charge is -2.32. The maximum absolute atomic E-state index is 5.64. The van der Waals surface area contributed by atoms with Gasteiger partial charge in [-0.05, 0) is 51.1 Å². The summed E-state index contributed by atoms with van der Waals surface area (Å²) in [5, 5.41) is 3.38. The van der Waals surface area contributed by atoms with E-state index < -0.39 is 0 Å². The van der Waals surface area contributed by atoms with Crippen molar-refractivity contribution in [1.29, 1.82) is 0 Å². The van der Waals surface area contributed by atoms with E-state index in [2.05, 4.69) is 29.4 Å². The van der Waals surface area contributed by atoms with Gasteiger partial charge in [0.05, 0.1) is 13.7 Å². The first-order chi connectivity index (χ1) is 9.76. The van der Waals surface area contributed by atoms with Gasteiger partial charge in [-0.25, -0.2) is 0 Å². The molecule has 1 aromatic rings. The molecule has 1 aromatic carbocycles. The molecule has 0 aromatic heterocycles. The van der Waals surface area contributed by atoms with Crippen molar-refractivity contribution < 1.29 is 9.47 Å². The maximum Gasteiger partial charge on any atom is 0.161 e. The zero-order valence-corrected chi connectivity index (χ0v) is 14.0. The van der Waals surface area contributed by atoms with Crippen molar-refractivity contribution in [1.82, 2.24) is 10.2 Å². The van der Waals surface area contributed by atoms with Crippen LogP contribution in [0, 0.1) is 0 Å². The monoisotopic (exact) mass is 314 g/mol. The first-order valence-corrected chi connectivity index (χ1v) is 7.46. The molecule has 1 heterocycles. The third-order valence-corrected chi connectivity index (χ3v) is 3.85. The van der Waals surface area contributed by atoms with Gasteiger partial charge >= 0.3 is 0 Å². The second-order valence-corrected chi connectivity index (χ2v) is 5.28. The zero-order chi connectivity index (χ0) is 14.4. The van der Waals surface area contributed by atoms with E-state index in [0.717, 1.165) is 24.6 Å². The molecule has 0 aliphatic carbocycles. The van der Waals surface area contributed by atoms with E-state index in [0.29, 0.717) is 12.6 Å². The summed E-state index contributed by atoms with van der Waals surface area (Å²) in [4.78, 5) is 2.50. The number of rotatable bonds is 6. The normalized spacial score (nSPS) is 18.9. The van der Waals surface area contributed by atoms with Gasteiger partial charge in [-0.3, -0.25) is 4.90 Å². The lowest BCUT2D eigenvalue weighted by atomic mass is 10.0. The summed E-state index contributed by atoms with van der Waals surface area (Å²) in [6.45, 7) is 5.92. The fourth-order valence-corrected chi connectivity index (χ4v) is 2.78. The van der Waals surface area contributed by atoms with E-state index in [-0.39, 0.29) is 12.4 Å². The molecular formula is C16H27ClN2O2. The van der Waals surface area contributed by atoms with E-state index in [9.17, 15) is 0 Å². The predicted molar refractivity (Wildman–Crippen MR) is 88.8 cm³/mol. The minimum atomic E-state index is 0. The van der Waals surface area contributed by atoms with Crippen LogP contribution in [-0.4, -0.2) is 44.8 Å². The van der Waals surface area contributed by atoms with Crippen LogP contribution in [0.5, 0.6) is 11.5 Å². The Kier molecular flexibility index (Phi) is 7.86. The van der Waals surface area contributed by atoms with Crippen molar-refractivity contribution in [3.63, 3.8) is 0 Å². The number of likely N-dealkylation sites (N-methyl/N-ethyl adjacent to an activating group) is 1. The van der Waals surface area contributed by atoms with Crippen LogP contribution in [0.3, 0.4) is 0 Å². The molecule has 5 heteroatoms. The van der Waals surface area contributed by atoms with Crippen LogP contribution >= 0.6 is 12.4 Å². The Balaban J connectivity index is 0.00000220. The number of methoxy groups -OCH3 is 1. The molecule has 1 unspecified atom stereocenters. The van der Waals surface area contributed by atoms with Crippen molar-refractivity contribution in [2.75, 3.05) is 33.9 Å². The molecule has 1 fully saturated rings. The number of ether oxygens (including phenoxy) is 2. The number of hydrogen-bond acceptors (Lipinski definition) is 4. The van der Waals surface area contributed by atoms with E-state index in [4.69, 9.17) is 9.47 Å². The van der Waals surface area contributed by atoms with Crippen molar-refractivity contribution in [2.24, 2.45) is 0 Å². The summed E-state index contributed by atoms with van der Waals surface area (Å²) in [6.07, 6.45) is 2.54. The largest absolute Gasteiger partial charge is 0.493 e. The van der Waals surface area contributed by atoms with Gasteiger partial charge in [-0.15, -0.1) is 12.4 Å². The smallest absolute Gasteiger partial charge is 0.161 e. The third-order valence-electron chi connectivity index (χ3n) is 3.85. The van der Waals surface area contributed by atoms with Crippen LogP contribution < -0.4 is 14.8 Å². The summed E-state index contributed by atoms with van der Waals surface area (Å²) in [5.74, 6) is 1.65. The molecular weight excluding hydrogens is 288 g/mol. The number of nitrogens with one attached hydrogen (secondary N) is 1. The highest BCUT2D eigenvalue weighted by atomic mass is 35.5. The zero-order valence-electron chi connectivity index (χ0n) is 13.2. The van der Waals surface area contributed by atoms with Gasteiger partial charge in [0, 0.05) is 19.1 Å². The highest BCUT2D eigenvalue weighted by Gasteiger charge is 2.18. The number of likely N-dealkylation sites (tertiary alicyclic amines) is 1. The number of nitrogens with zero attached hydrogens (tertiary/aromatic N) is 1. The summed E-state index contributed by atoms with van der Waals surface area (Å²) < 4.78 is 11.0. The summed E-state index contributed by atoms with van der Waals surface area (Å²) in [5.41, 5.74) is 1.28. The molecule has 0 saturated carbocycles. The molecule has 1 atom stereocenters. The fourth-order valence-electron chi connectivity index (χ4n) is 2.78. The molecule has 1 N–H and O–H groups in total. The minimum Gasteiger partial charge on any atom is -0.493 e. The Bertz CT molecular complexity index is 429. The van der Waals surface area contributed by atoms with E-state index in [1.165, 1.54) is 24.9 Å². The van der Waals surface area contributed by atoms with E-state index in [1.807, 2.05) is 13.0 Å². The number of piperidine rings is 1. The second kappa shape index (κ2) is 9.13. The Morgan fingerprint density at radius 2 is 2.14 bits per heavy atom. The van der Waals surface area contributed by atoms with Gasteiger partial charge in [0.25, 0.3) is 0 Å². The van der Waals surface area contributed by atoms with Gasteiger partial charge in [-0.2, -0.15) is 0 Å². The van der Waals surface area contributed by atoms with Gasteiger partial charge in [-0.1, -0.05) is 6.07 Å². The lowest BCUT2D eigenvalue weighted by Crippen LogP contribution is -2.43. The van der Waals surface area contributed by atoms with Crippen molar-refractivity contribution in [2.45, 2.75) is 32.4 Å². The molecule has 0 radical (unpaired) electrons. The molecule has 4 nitrogen and oxygen atoms in total. The van der Waals surface area contributed by atoms with Crippen LogP contribution in [0.15, 0.2) is 18.2 Å². The highest BCUT2D eigenvalue weighted by molar-refractivity contribution is 5.85. The van der Waals surface area contributed by atoms with Gasteiger partial charge in [0.2, 0.25) is 0 Å². The van der Waals surface area contributed by atoms with Gasteiger partial charge in [0.1, 0.15) is 0 Å². The van der Waals surface area contributed by atoms with Gasteiger partial charge in [0.15, 0.2) is 11.5 Å². The Labute approximate surface area is 134 Å². The van der Waals surface area contributed by atoms with Crippen LogP contribution in [0.25, 0.3) is 0 Å². The Morgan fingerprint density at radius 1 is 1.33 bits per heavy atom. The lowest BCUT2D eigenvalue weighted by molar-refractivity contribution is 0.187. The molecule has 120 valence electrons. The Morgan fingerprint density at radius 3 is 2.81 bits per heavy atom. The fraction of sp³-hybridized carbons (Fsp3) is 0.625. The Hall–Kier alpha value is -0.970. The molecule has 1 saturated heterocycles. The van der Waals surface area contributed by atoms with Crippen LogP contribution in [-0.2, 0) is 6.54 Å². The van der Waals surface area contributed by atoms with Crippen LogP contribution in [0.2, 0.25) is 0 Å². The highest BCUT2D eigenvalue weighted by Crippen LogP contribution is 2.28. The first-order valence-electron chi connectivity index (χ1n) is 7.46. The third kappa shape index (κ3) is 5.06. The molecule has 0 bridgehead atoms. The molecule has 1 aliphatic heterocycles. The molecule has 0 amide bonds. The van der Waals surface area contributed by atoms with E-state index in [1.54, 1.807) is 7.11 Å². The molecule has 2 rings (SSSR count). The quantitative estimate of drug-likeness (QED) is 0.875.